The molecule has 2 rings (SSSR count). The van der Waals surface area contributed by atoms with Gasteiger partial charge in [0.25, 0.3) is 0 Å². The van der Waals surface area contributed by atoms with E-state index in [1.807, 2.05) is 11.4 Å². The first-order valence-electron chi connectivity index (χ1n) is 4.63. The molecule has 0 saturated carbocycles. The van der Waals surface area contributed by atoms with E-state index in [0.717, 1.165) is 9.35 Å². The van der Waals surface area contributed by atoms with Gasteiger partial charge in [-0.25, -0.2) is 9.78 Å². The van der Waals surface area contributed by atoms with Crippen LogP contribution in [0.1, 0.15) is 4.88 Å². The summed E-state index contributed by atoms with van der Waals surface area (Å²) in [7, 11) is 1.77. The van der Waals surface area contributed by atoms with E-state index in [4.69, 9.17) is 0 Å². The number of halogens is 1. The second-order valence-electron chi connectivity index (χ2n) is 3.34. The van der Waals surface area contributed by atoms with Gasteiger partial charge >= 0.3 is 6.03 Å². The summed E-state index contributed by atoms with van der Waals surface area (Å²) in [6, 6.07) is 1.93. The van der Waals surface area contributed by atoms with Crippen LogP contribution in [0.5, 0.6) is 0 Å². The number of carbonyl (C=O) groups excluding carboxylic acids is 1. The van der Waals surface area contributed by atoms with E-state index >= 15 is 0 Å². The fourth-order valence-electron chi connectivity index (χ4n) is 1.31. The summed E-state index contributed by atoms with van der Waals surface area (Å²) >= 11 is 5.02. The minimum atomic E-state index is -0.0815. The Bertz CT molecular complexity index is 480. The van der Waals surface area contributed by atoms with E-state index in [1.54, 1.807) is 35.7 Å². The average Bonchev–Trinajstić information content (AvgIpc) is 2.88. The van der Waals surface area contributed by atoms with Gasteiger partial charge in [0, 0.05) is 34.2 Å². The first-order chi connectivity index (χ1) is 7.66. The van der Waals surface area contributed by atoms with Crippen LogP contribution in [-0.2, 0) is 6.54 Å². The number of rotatable bonds is 2. The van der Waals surface area contributed by atoms with E-state index in [0.29, 0.717) is 6.54 Å². The summed E-state index contributed by atoms with van der Waals surface area (Å²) in [5.41, 5.74) is 0. The summed E-state index contributed by atoms with van der Waals surface area (Å²) < 4.78 is 2.51. The van der Waals surface area contributed by atoms with Crippen LogP contribution in [0.2, 0.25) is 0 Å². The molecule has 0 radical (unpaired) electrons. The lowest BCUT2D eigenvalue weighted by atomic mass is 10.4. The molecular weight excluding hydrogens is 290 g/mol. The van der Waals surface area contributed by atoms with Crippen molar-refractivity contribution in [2.75, 3.05) is 7.05 Å². The van der Waals surface area contributed by atoms with E-state index in [-0.39, 0.29) is 6.03 Å². The second-order valence-corrected chi connectivity index (χ2v) is 5.25. The van der Waals surface area contributed by atoms with Gasteiger partial charge in [-0.1, -0.05) is 0 Å². The predicted octanol–water partition coefficient (Wildman–Crippen LogP) is 2.81. The largest absolute Gasteiger partial charge is 0.329 e. The highest BCUT2D eigenvalue weighted by Crippen LogP contribution is 2.20. The smallest absolute Gasteiger partial charge is 0.322 e. The lowest BCUT2D eigenvalue weighted by molar-refractivity contribution is 0.209. The Morgan fingerprint density at radius 3 is 3.06 bits per heavy atom. The maximum Gasteiger partial charge on any atom is 0.329 e. The Morgan fingerprint density at radius 2 is 2.50 bits per heavy atom. The quantitative estimate of drug-likeness (QED) is 0.855. The maximum atomic E-state index is 11.9. The molecule has 0 aliphatic carbocycles. The molecule has 0 aromatic carbocycles. The predicted molar refractivity (Wildman–Crippen MR) is 66.5 cm³/mol. The Hall–Kier alpha value is -1.14. The average molecular weight is 300 g/mol. The molecule has 0 unspecified atom stereocenters. The molecule has 0 spiro atoms. The fraction of sp³-hybridized carbons (Fsp3) is 0.200. The topological polar surface area (TPSA) is 38.1 Å². The molecule has 1 amide bonds. The zero-order chi connectivity index (χ0) is 11.5. The van der Waals surface area contributed by atoms with Crippen molar-refractivity contribution < 1.29 is 4.79 Å². The number of aromatic nitrogens is 2. The number of nitrogens with zero attached hydrogens (tertiary/aromatic N) is 3. The third-order valence-corrected chi connectivity index (χ3v) is 3.75. The molecule has 0 N–H and O–H groups in total. The van der Waals surface area contributed by atoms with Crippen LogP contribution in [0.3, 0.4) is 0 Å². The second kappa shape index (κ2) is 4.80. The van der Waals surface area contributed by atoms with Gasteiger partial charge < -0.3 is 4.90 Å². The third kappa shape index (κ3) is 2.51. The van der Waals surface area contributed by atoms with Crippen molar-refractivity contribution in [3.63, 3.8) is 0 Å². The van der Waals surface area contributed by atoms with E-state index in [2.05, 4.69) is 20.9 Å². The lowest BCUT2D eigenvalue weighted by Gasteiger charge is -2.15. The van der Waals surface area contributed by atoms with Crippen molar-refractivity contribution in [3.8, 4) is 0 Å². The Kier molecular flexibility index (Phi) is 3.40. The SMILES string of the molecule is CN(Cc1cc(Br)cs1)C(=O)n1ccnc1. The number of imidazole rings is 1. The van der Waals surface area contributed by atoms with E-state index in [1.165, 1.54) is 10.9 Å². The minimum absolute atomic E-state index is 0.0815. The monoisotopic (exact) mass is 299 g/mol. The summed E-state index contributed by atoms with van der Waals surface area (Å²) in [6.45, 7) is 0.604. The van der Waals surface area contributed by atoms with Crippen LogP contribution >= 0.6 is 27.3 Å². The maximum absolute atomic E-state index is 11.9. The Balaban J connectivity index is 2.03. The molecule has 6 heteroatoms. The molecule has 0 atom stereocenters. The van der Waals surface area contributed by atoms with Gasteiger partial charge in [-0.15, -0.1) is 11.3 Å². The number of carbonyl (C=O) groups is 1. The first-order valence-corrected chi connectivity index (χ1v) is 6.30. The molecule has 0 aliphatic rings. The van der Waals surface area contributed by atoms with Gasteiger partial charge in [0.15, 0.2) is 0 Å². The molecule has 0 bridgehead atoms. The molecule has 2 aromatic heterocycles. The minimum Gasteiger partial charge on any atom is -0.322 e. The van der Waals surface area contributed by atoms with Crippen LogP contribution in [0.15, 0.2) is 34.6 Å². The standard InChI is InChI=1S/C10H10BrN3OS/c1-13(5-9-4-8(11)6-16-9)10(15)14-3-2-12-7-14/h2-4,6-7H,5H2,1H3. The van der Waals surface area contributed by atoms with Gasteiger partial charge in [0.1, 0.15) is 6.33 Å². The number of hydrogen-bond donors (Lipinski definition) is 0. The summed E-state index contributed by atoms with van der Waals surface area (Å²) in [4.78, 5) is 18.5. The van der Waals surface area contributed by atoms with Crippen molar-refractivity contribution in [1.82, 2.24) is 14.5 Å². The Morgan fingerprint density at radius 1 is 1.69 bits per heavy atom. The zero-order valence-electron chi connectivity index (χ0n) is 8.63. The van der Waals surface area contributed by atoms with Gasteiger partial charge in [0.05, 0.1) is 6.54 Å². The van der Waals surface area contributed by atoms with Gasteiger partial charge in [-0.2, -0.15) is 0 Å². The van der Waals surface area contributed by atoms with Crippen LogP contribution in [0.25, 0.3) is 0 Å². The van der Waals surface area contributed by atoms with Gasteiger partial charge in [0.2, 0.25) is 0 Å². The Labute approximate surface area is 106 Å². The lowest BCUT2D eigenvalue weighted by Crippen LogP contribution is -2.29. The molecular formula is C10H10BrN3OS. The van der Waals surface area contributed by atoms with Crippen molar-refractivity contribution in [3.05, 3.63) is 39.5 Å². The van der Waals surface area contributed by atoms with Crippen LogP contribution < -0.4 is 0 Å². The number of amides is 1. The van der Waals surface area contributed by atoms with Crippen molar-refractivity contribution in [1.29, 1.82) is 0 Å². The summed E-state index contributed by atoms with van der Waals surface area (Å²) in [6.07, 6.45) is 4.74. The molecule has 0 saturated heterocycles. The highest BCUT2D eigenvalue weighted by atomic mass is 79.9. The normalized spacial score (nSPS) is 10.4. The third-order valence-electron chi connectivity index (χ3n) is 2.07. The molecule has 2 heterocycles. The molecule has 84 valence electrons. The van der Waals surface area contributed by atoms with Crippen molar-refractivity contribution in [2.24, 2.45) is 0 Å². The van der Waals surface area contributed by atoms with E-state index < -0.39 is 0 Å². The van der Waals surface area contributed by atoms with Gasteiger partial charge in [-0.3, -0.25) is 4.57 Å². The highest BCUT2D eigenvalue weighted by molar-refractivity contribution is 9.10. The molecule has 0 fully saturated rings. The number of thiophene rings is 1. The molecule has 0 aliphatic heterocycles. The van der Waals surface area contributed by atoms with E-state index in [9.17, 15) is 4.79 Å². The molecule has 2 aromatic rings. The zero-order valence-corrected chi connectivity index (χ0v) is 11.0. The highest BCUT2D eigenvalue weighted by Gasteiger charge is 2.11. The van der Waals surface area contributed by atoms with Crippen LogP contribution in [-0.4, -0.2) is 27.5 Å². The molecule has 16 heavy (non-hydrogen) atoms. The van der Waals surface area contributed by atoms with Gasteiger partial charge in [-0.05, 0) is 22.0 Å². The van der Waals surface area contributed by atoms with Crippen molar-refractivity contribution >= 4 is 33.3 Å². The summed E-state index contributed by atoms with van der Waals surface area (Å²) in [5.74, 6) is 0. The molecule has 4 nitrogen and oxygen atoms in total. The first kappa shape index (κ1) is 11.3. The van der Waals surface area contributed by atoms with Crippen LogP contribution in [0.4, 0.5) is 4.79 Å². The fourth-order valence-corrected chi connectivity index (χ4v) is 2.81. The van der Waals surface area contributed by atoms with Crippen molar-refractivity contribution in [2.45, 2.75) is 6.54 Å². The van der Waals surface area contributed by atoms with Crippen LogP contribution in [0, 0.1) is 0 Å². The number of hydrogen-bond acceptors (Lipinski definition) is 3. The summed E-state index contributed by atoms with van der Waals surface area (Å²) in [5, 5.41) is 2.00.